The molecule has 0 aromatic carbocycles. The maximum absolute atomic E-state index is 12.3. The summed E-state index contributed by atoms with van der Waals surface area (Å²) in [6, 6.07) is -0.878. The number of nitrogens with one attached hydrogen (secondary N) is 1. The van der Waals surface area contributed by atoms with Crippen LogP contribution in [0.5, 0.6) is 0 Å². The highest BCUT2D eigenvalue weighted by Crippen LogP contribution is 2.22. The van der Waals surface area contributed by atoms with Gasteiger partial charge in [0, 0.05) is 5.92 Å². The van der Waals surface area contributed by atoms with Gasteiger partial charge in [-0.3, -0.25) is 4.79 Å². The summed E-state index contributed by atoms with van der Waals surface area (Å²) >= 11 is 0. The second-order valence-electron chi connectivity index (χ2n) is 5.17. The zero-order valence-corrected chi connectivity index (χ0v) is 12.4. The number of carbonyl (C=O) groups is 2. The number of carboxylic acid groups (broad SMARTS) is 1. The summed E-state index contributed by atoms with van der Waals surface area (Å²) < 4.78 is 5.14. The molecular formula is C14H22N2O4. The molecule has 0 saturated heterocycles. The van der Waals surface area contributed by atoms with Gasteiger partial charge in [0.15, 0.2) is 5.76 Å². The highest BCUT2D eigenvalue weighted by atomic mass is 16.5. The molecule has 0 fully saturated rings. The first kappa shape index (κ1) is 16.2. The molecule has 6 heteroatoms. The minimum Gasteiger partial charge on any atom is -0.480 e. The summed E-state index contributed by atoms with van der Waals surface area (Å²) in [6.45, 7) is 7.43. The molecule has 1 aromatic rings. The average molecular weight is 282 g/mol. The minimum atomic E-state index is -1.02. The van der Waals surface area contributed by atoms with Gasteiger partial charge in [0.25, 0.3) is 5.91 Å². The van der Waals surface area contributed by atoms with Crippen molar-refractivity contribution in [2.24, 2.45) is 0 Å². The van der Waals surface area contributed by atoms with Gasteiger partial charge < -0.3 is 14.9 Å². The largest absolute Gasteiger partial charge is 0.480 e. The molecule has 0 aliphatic rings. The Balaban J connectivity index is 2.89. The molecule has 0 spiro atoms. The van der Waals surface area contributed by atoms with Gasteiger partial charge in [-0.25, -0.2) is 4.79 Å². The molecule has 1 heterocycles. The maximum Gasteiger partial charge on any atom is 0.326 e. The number of amides is 1. The van der Waals surface area contributed by atoms with Gasteiger partial charge in [-0.2, -0.15) is 0 Å². The Morgan fingerprint density at radius 1 is 1.40 bits per heavy atom. The van der Waals surface area contributed by atoms with Crippen molar-refractivity contribution in [2.75, 3.05) is 0 Å². The van der Waals surface area contributed by atoms with Crippen molar-refractivity contribution in [2.45, 2.75) is 58.9 Å². The van der Waals surface area contributed by atoms with Crippen molar-refractivity contribution >= 4 is 11.9 Å². The van der Waals surface area contributed by atoms with Crippen molar-refractivity contribution in [3.05, 3.63) is 17.0 Å². The monoisotopic (exact) mass is 282 g/mol. The molecule has 1 aromatic heterocycles. The molecule has 20 heavy (non-hydrogen) atoms. The van der Waals surface area contributed by atoms with Gasteiger partial charge in [-0.1, -0.05) is 38.8 Å². The maximum atomic E-state index is 12.3. The lowest BCUT2D eigenvalue weighted by Crippen LogP contribution is -2.41. The first-order valence-electron chi connectivity index (χ1n) is 6.88. The second-order valence-corrected chi connectivity index (χ2v) is 5.17. The van der Waals surface area contributed by atoms with Gasteiger partial charge in [0.2, 0.25) is 0 Å². The van der Waals surface area contributed by atoms with Gasteiger partial charge >= 0.3 is 5.97 Å². The molecule has 1 amide bonds. The fourth-order valence-corrected chi connectivity index (χ4v) is 1.95. The molecule has 6 nitrogen and oxygen atoms in total. The minimum absolute atomic E-state index is 0.0101. The van der Waals surface area contributed by atoms with Crippen molar-refractivity contribution in [1.29, 1.82) is 0 Å². The van der Waals surface area contributed by atoms with Crippen molar-refractivity contribution in [1.82, 2.24) is 10.5 Å². The molecule has 2 N–H and O–H groups in total. The van der Waals surface area contributed by atoms with Crippen LogP contribution in [0.4, 0.5) is 0 Å². The van der Waals surface area contributed by atoms with Crippen LogP contribution >= 0.6 is 0 Å². The normalized spacial score (nSPS) is 12.4. The van der Waals surface area contributed by atoms with E-state index in [9.17, 15) is 9.59 Å². The Bertz CT molecular complexity index is 480. The van der Waals surface area contributed by atoms with E-state index in [1.165, 1.54) is 0 Å². The van der Waals surface area contributed by atoms with E-state index >= 15 is 0 Å². The second kappa shape index (κ2) is 7.07. The zero-order chi connectivity index (χ0) is 15.3. The molecular weight excluding hydrogens is 260 g/mol. The number of aryl methyl sites for hydroxylation is 1. The summed E-state index contributed by atoms with van der Waals surface area (Å²) in [5, 5.41) is 15.5. The number of hydrogen-bond acceptors (Lipinski definition) is 4. The molecule has 1 atom stereocenters. The van der Waals surface area contributed by atoms with E-state index in [1.54, 1.807) is 6.92 Å². The SMILES string of the molecule is CCCCC(NC(=O)c1c(C)noc1C(C)C)C(=O)O. The van der Waals surface area contributed by atoms with Crippen LogP contribution in [0.15, 0.2) is 4.52 Å². The summed E-state index contributed by atoms with van der Waals surface area (Å²) in [4.78, 5) is 23.4. The Kier molecular flexibility index (Phi) is 5.73. The molecule has 1 rings (SSSR count). The van der Waals surface area contributed by atoms with Crippen LogP contribution in [-0.2, 0) is 4.79 Å². The van der Waals surface area contributed by atoms with Gasteiger partial charge in [0.05, 0.1) is 5.69 Å². The molecule has 1 unspecified atom stereocenters. The summed E-state index contributed by atoms with van der Waals surface area (Å²) in [6.07, 6.45) is 2.04. The Labute approximate surface area is 118 Å². The number of carboxylic acids is 1. The molecule has 0 radical (unpaired) electrons. The number of carbonyl (C=O) groups excluding carboxylic acids is 1. The predicted molar refractivity (Wildman–Crippen MR) is 73.7 cm³/mol. The smallest absolute Gasteiger partial charge is 0.326 e. The number of aromatic nitrogens is 1. The van der Waals surface area contributed by atoms with E-state index in [4.69, 9.17) is 9.63 Å². The van der Waals surface area contributed by atoms with E-state index in [2.05, 4.69) is 10.5 Å². The van der Waals surface area contributed by atoms with Crippen LogP contribution < -0.4 is 5.32 Å². The van der Waals surface area contributed by atoms with Crippen LogP contribution in [0.3, 0.4) is 0 Å². The molecule has 0 bridgehead atoms. The highest BCUT2D eigenvalue weighted by molar-refractivity contribution is 5.98. The van der Waals surface area contributed by atoms with E-state index in [0.29, 0.717) is 23.4 Å². The number of rotatable bonds is 7. The summed E-state index contributed by atoms with van der Waals surface area (Å²) in [5.74, 6) is -0.960. The quantitative estimate of drug-likeness (QED) is 0.801. The Morgan fingerprint density at radius 3 is 2.55 bits per heavy atom. The third-order valence-electron chi connectivity index (χ3n) is 3.09. The Hall–Kier alpha value is -1.85. The third-order valence-corrected chi connectivity index (χ3v) is 3.09. The lowest BCUT2D eigenvalue weighted by molar-refractivity contribution is -0.139. The molecule has 0 saturated carbocycles. The van der Waals surface area contributed by atoms with E-state index in [-0.39, 0.29) is 5.92 Å². The summed E-state index contributed by atoms with van der Waals surface area (Å²) in [7, 11) is 0. The lowest BCUT2D eigenvalue weighted by Gasteiger charge is -2.14. The molecule has 0 aliphatic carbocycles. The van der Waals surface area contributed by atoms with Gasteiger partial charge in [-0.15, -0.1) is 0 Å². The number of aliphatic carboxylic acids is 1. The van der Waals surface area contributed by atoms with Gasteiger partial charge in [-0.05, 0) is 13.3 Å². The standard InChI is InChI=1S/C14H22N2O4/c1-5-6-7-10(14(18)19)15-13(17)11-9(4)16-20-12(11)8(2)3/h8,10H,5-7H2,1-4H3,(H,15,17)(H,18,19). The average Bonchev–Trinajstić information content (AvgIpc) is 2.76. The third kappa shape index (κ3) is 3.82. The summed E-state index contributed by atoms with van der Waals surface area (Å²) in [5.41, 5.74) is 0.827. The van der Waals surface area contributed by atoms with E-state index < -0.39 is 17.9 Å². The van der Waals surface area contributed by atoms with Crippen LogP contribution in [-0.4, -0.2) is 28.2 Å². The zero-order valence-electron chi connectivity index (χ0n) is 12.4. The van der Waals surface area contributed by atoms with Crippen LogP contribution in [0.1, 0.15) is 67.8 Å². The highest BCUT2D eigenvalue weighted by Gasteiger charge is 2.26. The fraction of sp³-hybridized carbons (Fsp3) is 0.643. The predicted octanol–water partition coefficient (Wildman–Crippen LogP) is 2.48. The van der Waals surface area contributed by atoms with Crippen LogP contribution in [0, 0.1) is 6.92 Å². The molecule has 0 aliphatic heterocycles. The van der Waals surface area contributed by atoms with Crippen LogP contribution in [0.2, 0.25) is 0 Å². The van der Waals surface area contributed by atoms with Crippen molar-refractivity contribution < 1.29 is 19.2 Å². The number of nitrogens with zero attached hydrogens (tertiary/aromatic N) is 1. The van der Waals surface area contributed by atoms with Crippen molar-refractivity contribution in [3.8, 4) is 0 Å². The first-order valence-corrected chi connectivity index (χ1v) is 6.88. The topological polar surface area (TPSA) is 92.4 Å². The van der Waals surface area contributed by atoms with Crippen LogP contribution in [0.25, 0.3) is 0 Å². The Morgan fingerprint density at radius 2 is 2.05 bits per heavy atom. The first-order chi connectivity index (χ1) is 9.38. The fourth-order valence-electron chi connectivity index (χ4n) is 1.95. The number of hydrogen-bond donors (Lipinski definition) is 2. The van der Waals surface area contributed by atoms with Crippen molar-refractivity contribution in [3.63, 3.8) is 0 Å². The number of unbranched alkanes of at least 4 members (excludes halogenated alkanes) is 1. The molecule has 112 valence electrons. The van der Waals surface area contributed by atoms with E-state index in [0.717, 1.165) is 12.8 Å². The van der Waals surface area contributed by atoms with Gasteiger partial charge in [0.1, 0.15) is 11.6 Å². The van der Waals surface area contributed by atoms with E-state index in [1.807, 2.05) is 20.8 Å². The lowest BCUT2D eigenvalue weighted by atomic mass is 10.0.